The first kappa shape index (κ1) is 26.6. The summed E-state index contributed by atoms with van der Waals surface area (Å²) >= 11 is 0. The minimum atomic E-state index is 0.378. The number of aromatic nitrogens is 9. The largest absolute Gasteiger partial charge is 0.340 e. The molecule has 1 atom stereocenters. The second-order valence-electron chi connectivity index (χ2n) is 11.6. The highest BCUT2D eigenvalue weighted by Gasteiger charge is 2.24. The minimum absolute atomic E-state index is 0.378. The normalized spacial score (nSPS) is 18.6. The highest BCUT2D eigenvalue weighted by Crippen LogP contribution is 2.25. The van der Waals surface area contributed by atoms with Crippen molar-refractivity contribution in [2.24, 2.45) is 13.0 Å². The molecule has 0 radical (unpaired) electrons. The molecule has 4 aromatic heterocycles. The molecule has 0 saturated carbocycles. The molecule has 6 heterocycles. The maximum Gasteiger partial charge on any atom is 0.225 e. The number of fused-ring (bicyclic) bond motifs is 1. The Morgan fingerprint density at radius 1 is 0.833 bits per heavy atom. The quantitative estimate of drug-likeness (QED) is 0.293. The van der Waals surface area contributed by atoms with Gasteiger partial charge in [0.25, 0.3) is 0 Å². The maximum atomic E-state index is 4.82. The molecule has 0 spiro atoms. The van der Waals surface area contributed by atoms with Crippen molar-refractivity contribution >= 4 is 17.2 Å². The lowest BCUT2D eigenvalue weighted by molar-refractivity contribution is 0.148. The zero-order chi connectivity index (χ0) is 28.5. The molecule has 2 saturated heterocycles. The van der Waals surface area contributed by atoms with Crippen molar-refractivity contribution in [2.75, 3.05) is 51.2 Å². The van der Waals surface area contributed by atoms with Crippen LogP contribution in [0.25, 0.3) is 33.7 Å². The monoisotopic (exact) mass is 564 g/mol. The number of piperidine rings is 1. The fourth-order valence-electron chi connectivity index (χ4n) is 5.91. The van der Waals surface area contributed by atoms with Gasteiger partial charge in [-0.05, 0) is 36.9 Å². The number of nitrogens with zero attached hydrogens (tertiary/aromatic N) is 12. The Hall–Kier alpha value is -4.29. The molecule has 2 aliphatic heterocycles. The van der Waals surface area contributed by atoms with Crippen LogP contribution < -0.4 is 4.90 Å². The summed E-state index contributed by atoms with van der Waals surface area (Å²) < 4.78 is 3.64. The van der Waals surface area contributed by atoms with Gasteiger partial charge in [-0.2, -0.15) is 5.10 Å². The molecular weight excluding hydrogens is 528 g/mol. The molecule has 7 rings (SSSR count). The van der Waals surface area contributed by atoms with Gasteiger partial charge in [0.05, 0.1) is 18.1 Å². The van der Waals surface area contributed by atoms with Crippen molar-refractivity contribution in [3.8, 4) is 22.4 Å². The zero-order valence-electron chi connectivity index (χ0n) is 24.2. The first-order valence-corrected chi connectivity index (χ1v) is 14.7. The average molecular weight is 565 g/mol. The zero-order valence-corrected chi connectivity index (χ0v) is 24.2. The summed E-state index contributed by atoms with van der Waals surface area (Å²) in [6.45, 7) is 8.05. The molecule has 12 heteroatoms. The lowest BCUT2D eigenvalue weighted by atomic mass is 9.98. The number of benzene rings is 1. The molecule has 216 valence electrons. The fraction of sp³-hybridized carbons (Fsp3) is 0.433. The van der Waals surface area contributed by atoms with Gasteiger partial charge in [-0.1, -0.05) is 29.5 Å². The highest BCUT2D eigenvalue weighted by molar-refractivity contribution is 5.69. The molecule has 0 amide bonds. The van der Waals surface area contributed by atoms with E-state index in [-0.39, 0.29) is 0 Å². The van der Waals surface area contributed by atoms with E-state index in [9.17, 15) is 0 Å². The van der Waals surface area contributed by atoms with Crippen molar-refractivity contribution in [2.45, 2.75) is 25.9 Å². The van der Waals surface area contributed by atoms with E-state index in [2.05, 4.69) is 66.4 Å². The third kappa shape index (κ3) is 5.72. The Morgan fingerprint density at radius 3 is 2.40 bits per heavy atom. The van der Waals surface area contributed by atoms with Gasteiger partial charge >= 0.3 is 0 Å². The summed E-state index contributed by atoms with van der Waals surface area (Å²) in [6.07, 6.45) is 11.5. The highest BCUT2D eigenvalue weighted by atomic mass is 15.5. The van der Waals surface area contributed by atoms with Gasteiger partial charge in [0.15, 0.2) is 5.65 Å². The van der Waals surface area contributed by atoms with Crippen LogP contribution in [-0.4, -0.2) is 101 Å². The van der Waals surface area contributed by atoms with E-state index in [1.54, 1.807) is 17.1 Å². The van der Waals surface area contributed by atoms with Crippen LogP contribution in [0.2, 0.25) is 0 Å². The topological polar surface area (TPSA) is 110 Å². The molecule has 2 fully saturated rings. The molecule has 2 aliphatic rings. The van der Waals surface area contributed by atoms with Crippen molar-refractivity contribution in [3.63, 3.8) is 0 Å². The van der Waals surface area contributed by atoms with Gasteiger partial charge in [-0.15, -0.1) is 5.10 Å². The predicted octanol–water partition coefficient (Wildman–Crippen LogP) is 2.74. The Kier molecular flexibility index (Phi) is 7.30. The van der Waals surface area contributed by atoms with Crippen LogP contribution in [0, 0.1) is 5.92 Å². The van der Waals surface area contributed by atoms with E-state index in [4.69, 9.17) is 15.0 Å². The van der Waals surface area contributed by atoms with E-state index in [1.807, 2.05) is 30.3 Å². The van der Waals surface area contributed by atoms with Gasteiger partial charge in [0, 0.05) is 89.1 Å². The Morgan fingerprint density at radius 2 is 1.64 bits per heavy atom. The second kappa shape index (κ2) is 11.5. The van der Waals surface area contributed by atoms with Crippen LogP contribution in [0.3, 0.4) is 0 Å². The Labute approximate surface area is 245 Å². The minimum Gasteiger partial charge on any atom is -0.340 e. The number of hydrogen-bond acceptors (Lipinski definition) is 10. The molecule has 0 N–H and O–H groups in total. The second-order valence-corrected chi connectivity index (χ2v) is 11.6. The van der Waals surface area contributed by atoms with Crippen molar-refractivity contribution in [3.05, 3.63) is 60.8 Å². The van der Waals surface area contributed by atoms with E-state index in [0.717, 1.165) is 93.5 Å². The number of anilines is 1. The summed E-state index contributed by atoms with van der Waals surface area (Å²) in [5, 5.41) is 12.9. The van der Waals surface area contributed by atoms with Crippen LogP contribution in [0.15, 0.2) is 55.2 Å². The number of hydrogen-bond donors (Lipinski definition) is 0. The maximum absolute atomic E-state index is 4.82. The van der Waals surface area contributed by atoms with E-state index >= 15 is 0 Å². The van der Waals surface area contributed by atoms with Crippen molar-refractivity contribution in [1.82, 2.24) is 54.5 Å². The summed E-state index contributed by atoms with van der Waals surface area (Å²) in [6, 6.07) is 8.83. The van der Waals surface area contributed by atoms with Gasteiger partial charge in [0.1, 0.15) is 0 Å². The van der Waals surface area contributed by atoms with E-state index < -0.39 is 0 Å². The van der Waals surface area contributed by atoms with Gasteiger partial charge in [-0.3, -0.25) is 9.58 Å². The third-order valence-corrected chi connectivity index (χ3v) is 8.39. The molecule has 1 unspecified atom stereocenters. The van der Waals surface area contributed by atoms with Crippen molar-refractivity contribution < 1.29 is 0 Å². The molecule has 5 aromatic rings. The van der Waals surface area contributed by atoms with Crippen LogP contribution in [0.1, 0.15) is 18.4 Å². The average Bonchev–Trinajstić information content (AvgIpc) is 3.64. The standard InChI is InChI=1S/C30H36N12/c1-38-10-12-40(13-11-38)18-22-5-7-24(8-6-22)25-14-32-30(33-15-25)41-9-3-4-23(19-41)20-42-29-28(36-37-42)31-17-27(35-29)26-16-34-39(2)21-26/h5-8,14-17,21,23H,3-4,9-13,18-20H2,1-2H3. The van der Waals surface area contributed by atoms with Crippen LogP contribution in [0.4, 0.5) is 5.95 Å². The number of rotatable bonds is 7. The number of likely N-dealkylation sites (N-methyl/N-ethyl adjacent to an activating group) is 1. The lowest BCUT2D eigenvalue weighted by Crippen LogP contribution is -2.43. The number of piperazine rings is 1. The first-order valence-electron chi connectivity index (χ1n) is 14.7. The van der Waals surface area contributed by atoms with Crippen molar-refractivity contribution in [1.29, 1.82) is 0 Å². The summed E-state index contributed by atoms with van der Waals surface area (Å²) in [5.74, 6) is 1.15. The summed E-state index contributed by atoms with van der Waals surface area (Å²) in [7, 11) is 4.08. The van der Waals surface area contributed by atoms with E-state index in [0.29, 0.717) is 17.2 Å². The number of aryl methyl sites for hydroxylation is 1. The molecule has 1 aromatic carbocycles. The molecule has 12 nitrogen and oxygen atoms in total. The summed E-state index contributed by atoms with van der Waals surface area (Å²) in [4.78, 5) is 26.0. The Bertz CT molecular complexity index is 1630. The van der Waals surface area contributed by atoms with Crippen LogP contribution in [0.5, 0.6) is 0 Å². The lowest BCUT2D eigenvalue weighted by Gasteiger charge is -2.32. The van der Waals surface area contributed by atoms with Gasteiger partial charge < -0.3 is 9.80 Å². The van der Waals surface area contributed by atoms with Crippen LogP contribution in [-0.2, 0) is 20.1 Å². The van der Waals surface area contributed by atoms with Crippen LogP contribution >= 0.6 is 0 Å². The van der Waals surface area contributed by atoms with Gasteiger partial charge in [0.2, 0.25) is 11.6 Å². The summed E-state index contributed by atoms with van der Waals surface area (Å²) in [5.41, 5.74) is 6.47. The smallest absolute Gasteiger partial charge is 0.225 e. The van der Waals surface area contributed by atoms with Gasteiger partial charge in [-0.25, -0.2) is 24.6 Å². The first-order chi connectivity index (χ1) is 20.6. The molecule has 0 bridgehead atoms. The van der Waals surface area contributed by atoms with E-state index in [1.165, 1.54) is 5.56 Å². The SMILES string of the molecule is CN1CCN(Cc2ccc(-c3cnc(N4CCCC(Cn5nnc6ncc(-c7cnn(C)c7)nc65)C4)nc3)cc2)CC1. The predicted molar refractivity (Wildman–Crippen MR) is 160 cm³/mol. The molecular formula is C30H36N12. The Balaban J connectivity index is 0.994. The molecule has 0 aliphatic carbocycles. The third-order valence-electron chi connectivity index (χ3n) is 8.39. The fourth-order valence-corrected chi connectivity index (χ4v) is 5.91. The molecule has 42 heavy (non-hydrogen) atoms.